The van der Waals surface area contributed by atoms with Crippen molar-refractivity contribution in [3.05, 3.63) is 59.9 Å². The number of thioether (sulfide) groups is 1. The van der Waals surface area contributed by atoms with E-state index in [4.69, 9.17) is 0 Å². The van der Waals surface area contributed by atoms with Crippen LogP contribution in [0, 0.1) is 17.5 Å². The zero-order chi connectivity index (χ0) is 20.5. The van der Waals surface area contributed by atoms with E-state index in [2.05, 4.69) is 15.4 Å². The third kappa shape index (κ3) is 6.95. The highest BCUT2D eigenvalue weighted by Gasteiger charge is 2.12. The van der Waals surface area contributed by atoms with E-state index in [0.717, 1.165) is 30.0 Å². The van der Waals surface area contributed by atoms with Gasteiger partial charge in [-0.15, -0.1) is 11.8 Å². The summed E-state index contributed by atoms with van der Waals surface area (Å²) in [6, 6.07) is 8.16. The van der Waals surface area contributed by atoms with Crippen LogP contribution in [0.5, 0.6) is 0 Å². The lowest BCUT2D eigenvalue weighted by Crippen LogP contribution is -2.23. The largest absolute Gasteiger partial charge is 0.455 e. The van der Waals surface area contributed by atoms with Gasteiger partial charge >= 0.3 is 5.97 Å². The molecule has 0 fully saturated rings. The molecule has 6 nitrogen and oxygen atoms in total. The van der Waals surface area contributed by atoms with Crippen LogP contribution < -0.4 is 10.6 Å². The fourth-order valence-corrected chi connectivity index (χ4v) is 2.55. The van der Waals surface area contributed by atoms with Crippen LogP contribution in [-0.2, 0) is 19.1 Å². The summed E-state index contributed by atoms with van der Waals surface area (Å²) in [7, 11) is 0. The van der Waals surface area contributed by atoms with E-state index in [1.54, 1.807) is 6.07 Å². The second kappa shape index (κ2) is 10.4. The molecule has 2 amide bonds. The Morgan fingerprint density at radius 1 is 0.857 bits per heavy atom. The van der Waals surface area contributed by atoms with Crippen molar-refractivity contribution in [1.29, 1.82) is 0 Å². The van der Waals surface area contributed by atoms with Gasteiger partial charge in [-0.05, 0) is 24.3 Å². The lowest BCUT2D eigenvalue weighted by molar-refractivity contribution is -0.144. The first-order chi connectivity index (χ1) is 13.3. The Kier molecular flexibility index (Phi) is 7.88. The molecule has 10 heteroatoms. The Morgan fingerprint density at radius 3 is 2.29 bits per heavy atom. The number of ether oxygens (including phenoxy) is 1. The molecule has 0 saturated carbocycles. The van der Waals surface area contributed by atoms with Crippen molar-refractivity contribution in [2.45, 2.75) is 0 Å². The fraction of sp³-hybridized carbons (Fsp3) is 0.167. The summed E-state index contributed by atoms with van der Waals surface area (Å²) in [4.78, 5) is 34.9. The molecule has 28 heavy (non-hydrogen) atoms. The van der Waals surface area contributed by atoms with Crippen LogP contribution in [0.4, 0.5) is 24.5 Å². The van der Waals surface area contributed by atoms with Gasteiger partial charge in [-0.25, -0.2) is 13.2 Å². The molecule has 0 unspecified atom stereocenters. The van der Waals surface area contributed by atoms with Crippen LogP contribution >= 0.6 is 11.8 Å². The van der Waals surface area contributed by atoms with Gasteiger partial charge in [0.05, 0.1) is 22.9 Å². The van der Waals surface area contributed by atoms with E-state index in [1.807, 2.05) is 0 Å². The van der Waals surface area contributed by atoms with Crippen molar-refractivity contribution < 1.29 is 32.3 Å². The maximum atomic E-state index is 13.4. The molecule has 0 aliphatic heterocycles. The Hall–Kier alpha value is -3.01. The Labute approximate surface area is 162 Å². The number of nitrogens with one attached hydrogen (secondary N) is 2. The summed E-state index contributed by atoms with van der Waals surface area (Å²) in [6.07, 6.45) is 0. The lowest BCUT2D eigenvalue weighted by Gasteiger charge is -2.08. The van der Waals surface area contributed by atoms with Gasteiger partial charge in [0.25, 0.3) is 5.91 Å². The molecule has 0 bridgehead atoms. The number of hydrogen-bond donors (Lipinski definition) is 2. The summed E-state index contributed by atoms with van der Waals surface area (Å²) >= 11 is 0.904. The van der Waals surface area contributed by atoms with Crippen molar-refractivity contribution in [2.75, 3.05) is 28.7 Å². The minimum Gasteiger partial charge on any atom is -0.455 e. The molecule has 0 radical (unpaired) electrons. The Bertz CT molecular complexity index is 880. The second-order valence-corrected chi connectivity index (χ2v) is 6.34. The number of carbonyl (C=O) groups is 3. The molecule has 148 valence electrons. The molecule has 0 aliphatic carbocycles. The molecular formula is C18H15F3N2O4S. The predicted molar refractivity (Wildman–Crippen MR) is 98.3 cm³/mol. The highest BCUT2D eigenvalue weighted by Crippen LogP contribution is 2.15. The summed E-state index contributed by atoms with van der Waals surface area (Å²) in [5, 5.41) is 4.43. The number of esters is 1. The molecule has 2 N–H and O–H groups in total. The maximum Gasteiger partial charge on any atom is 0.316 e. The van der Waals surface area contributed by atoms with E-state index < -0.39 is 41.8 Å². The van der Waals surface area contributed by atoms with Crippen LogP contribution in [0.15, 0.2) is 42.5 Å². The first-order valence-electron chi connectivity index (χ1n) is 7.88. The molecule has 0 aliphatic rings. The van der Waals surface area contributed by atoms with Crippen molar-refractivity contribution in [3.63, 3.8) is 0 Å². The number of amides is 2. The summed E-state index contributed by atoms with van der Waals surface area (Å²) in [5.74, 6) is -4.66. The Balaban J connectivity index is 1.67. The quantitative estimate of drug-likeness (QED) is 0.652. The number of hydrogen-bond acceptors (Lipinski definition) is 5. The van der Waals surface area contributed by atoms with Gasteiger partial charge in [0, 0.05) is 6.07 Å². The number of rotatable bonds is 8. The minimum absolute atomic E-state index is 0.0249. The van der Waals surface area contributed by atoms with Gasteiger partial charge in [-0.2, -0.15) is 0 Å². The smallest absolute Gasteiger partial charge is 0.316 e. The van der Waals surface area contributed by atoms with Gasteiger partial charge in [-0.1, -0.05) is 12.1 Å². The van der Waals surface area contributed by atoms with Crippen LogP contribution in [0.1, 0.15) is 0 Å². The molecule has 2 aromatic carbocycles. The summed E-state index contributed by atoms with van der Waals surface area (Å²) in [5.41, 5.74) is -0.350. The van der Waals surface area contributed by atoms with Gasteiger partial charge < -0.3 is 15.4 Å². The molecule has 0 saturated heterocycles. The van der Waals surface area contributed by atoms with Crippen LogP contribution in [-0.4, -0.2) is 35.9 Å². The number of benzene rings is 2. The number of anilines is 2. The number of carbonyl (C=O) groups excluding carboxylic acids is 3. The zero-order valence-corrected chi connectivity index (χ0v) is 15.2. The predicted octanol–water partition coefficient (Wildman–Crippen LogP) is 2.96. The van der Waals surface area contributed by atoms with Crippen molar-refractivity contribution >= 4 is 40.9 Å². The van der Waals surface area contributed by atoms with Gasteiger partial charge in [0.2, 0.25) is 5.91 Å². The summed E-state index contributed by atoms with van der Waals surface area (Å²) < 4.78 is 44.5. The van der Waals surface area contributed by atoms with E-state index in [-0.39, 0.29) is 22.9 Å². The van der Waals surface area contributed by atoms with E-state index >= 15 is 0 Å². The maximum absolute atomic E-state index is 13.4. The van der Waals surface area contributed by atoms with E-state index in [0.29, 0.717) is 0 Å². The normalized spacial score (nSPS) is 10.2. The number of halogens is 3. The Morgan fingerprint density at radius 2 is 1.54 bits per heavy atom. The molecule has 2 aromatic rings. The first-order valence-corrected chi connectivity index (χ1v) is 9.03. The van der Waals surface area contributed by atoms with E-state index in [9.17, 15) is 27.6 Å². The molecule has 2 rings (SSSR count). The first kappa shape index (κ1) is 21.3. The molecule has 0 atom stereocenters. The third-order valence-corrected chi connectivity index (χ3v) is 4.07. The third-order valence-electron chi connectivity index (χ3n) is 3.17. The van der Waals surface area contributed by atoms with Crippen molar-refractivity contribution in [3.8, 4) is 0 Å². The van der Waals surface area contributed by atoms with Crippen LogP contribution in [0.25, 0.3) is 0 Å². The summed E-state index contributed by atoms with van der Waals surface area (Å²) in [6.45, 7) is -0.698. The average molecular weight is 412 g/mol. The van der Waals surface area contributed by atoms with Crippen LogP contribution in [0.2, 0.25) is 0 Å². The molecular weight excluding hydrogens is 397 g/mol. The molecule has 0 spiro atoms. The average Bonchev–Trinajstić information content (AvgIpc) is 2.65. The fourth-order valence-electron chi connectivity index (χ4n) is 1.94. The van der Waals surface area contributed by atoms with Crippen LogP contribution in [0.3, 0.4) is 0 Å². The molecule has 0 heterocycles. The highest BCUT2D eigenvalue weighted by atomic mass is 32.2. The SMILES string of the molecule is O=C(COC(=O)CSCC(=O)Nc1ccccc1F)Nc1cc(F)ccc1F. The minimum atomic E-state index is -0.847. The van der Waals surface area contributed by atoms with Crippen molar-refractivity contribution in [1.82, 2.24) is 0 Å². The lowest BCUT2D eigenvalue weighted by atomic mass is 10.3. The van der Waals surface area contributed by atoms with Gasteiger partial charge in [0.1, 0.15) is 17.5 Å². The zero-order valence-electron chi connectivity index (χ0n) is 14.3. The standard InChI is InChI=1S/C18H15F3N2O4S/c19-11-5-6-13(21)15(7-11)23-16(24)8-27-18(26)10-28-9-17(25)22-14-4-2-1-3-12(14)20/h1-7H,8-10H2,(H,22,25)(H,23,24). The molecule has 0 aromatic heterocycles. The number of para-hydroxylation sites is 1. The van der Waals surface area contributed by atoms with Crippen molar-refractivity contribution in [2.24, 2.45) is 0 Å². The highest BCUT2D eigenvalue weighted by molar-refractivity contribution is 8.00. The topological polar surface area (TPSA) is 84.5 Å². The van der Waals surface area contributed by atoms with Gasteiger partial charge in [-0.3, -0.25) is 14.4 Å². The van der Waals surface area contributed by atoms with E-state index in [1.165, 1.54) is 18.2 Å². The monoisotopic (exact) mass is 412 g/mol. The second-order valence-electron chi connectivity index (χ2n) is 5.35. The van der Waals surface area contributed by atoms with Gasteiger partial charge in [0.15, 0.2) is 6.61 Å².